The molecule has 6 aromatic rings. The first-order chi connectivity index (χ1) is 19.0. The third kappa shape index (κ3) is 4.73. The third-order valence-electron chi connectivity index (χ3n) is 6.14. The van der Waals surface area contributed by atoms with Gasteiger partial charge in [-0.15, -0.1) is 0 Å². The van der Waals surface area contributed by atoms with Gasteiger partial charge >= 0.3 is 0 Å². The molecule has 0 fully saturated rings. The first-order valence-corrected chi connectivity index (χ1v) is 12.8. The minimum absolute atomic E-state index is 0.117. The lowest BCUT2D eigenvalue weighted by Gasteiger charge is -2.04. The van der Waals surface area contributed by atoms with Gasteiger partial charge in [0, 0.05) is 23.7 Å². The number of fused-ring (bicyclic) bond motifs is 1. The van der Waals surface area contributed by atoms with Gasteiger partial charge in [0.25, 0.3) is 11.1 Å². The highest BCUT2D eigenvalue weighted by molar-refractivity contribution is 7.15. The summed E-state index contributed by atoms with van der Waals surface area (Å²) in [5.74, 6) is -0.411. The number of ether oxygens (including phenoxy) is 1. The minimum atomic E-state index is -0.528. The van der Waals surface area contributed by atoms with Gasteiger partial charge in [-0.2, -0.15) is 19.7 Å². The Bertz CT molecular complexity index is 1990. The Kier molecular flexibility index (Phi) is 6.29. The fraction of sp³-hybridized carbons (Fsp3) is 0.0690. The van der Waals surface area contributed by atoms with E-state index >= 15 is 0 Å². The highest BCUT2D eigenvalue weighted by Crippen LogP contribution is 2.28. The molecule has 0 aliphatic carbocycles. The van der Waals surface area contributed by atoms with Crippen LogP contribution in [0.5, 0.6) is 5.75 Å². The molecule has 0 bridgehead atoms. The number of rotatable bonds is 6. The first kappa shape index (κ1) is 24.4. The molecule has 0 radical (unpaired) electrons. The molecule has 0 unspecified atom stereocenters. The Morgan fingerprint density at radius 2 is 1.72 bits per heavy atom. The van der Waals surface area contributed by atoms with E-state index in [1.807, 2.05) is 60.7 Å². The molecule has 10 heteroatoms. The molecule has 0 aliphatic heterocycles. The molecule has 3 aromatic heterocycles. The van der Waals surface area contributed by atoms with Crippen molar-refractivity contribution in [2.45, 2.75) is 6.42 Å². The lowest BCUT2D eigenvalue weighted by Crippen LogP contribution is -2.28. The Labute approximate surface area is 224 Å². The van der Waals surface area contributed by atoms with Gasteiger partial charge in [-0.3, -0.25) is 9.59 Å². The maximum atomic E-state index is 14.6. The molecular formula is C29H20FN5O3S. The zero-order chi connectivity index (χ0) is 26.9. The van der Waals surface area contributed by atoms with E-state index in [2.05, 4.69) is 10.1 Å². The van der Waals surface area contributed by atoms with Crippen LogP contribution < -0.4 is 20.4 Å². The molecule has 0 N–H and O–H groups in total. The number of thiazole rings is 1. The van der Waals surface area contributed by atoms with Crippen LogP contribution in [0.2, 0.25) is 0 Å². The smallest absolute Gasteiger partial charge is 0.296 e. The topological polar surface area (TPSA) is 91.4 Å². The number of benzene rings is 3. The van der Waals surface area contributed by atoms with Gasteiger partial charge in [-0.05, 0) is 42.0 Å². The van der Waals surface area contributed by atoms with E-state index in [9.17, 15) is 14.0 Å². The Balaban J connectivity index is 1.50. The molecule has 0 atom stereocenters. The molecule has 0 amide bonds. The molecule has 39 heavy (non-hydrogen) atoms. The molecule has 3 heterocycles. The monoisotopic (exact) mass is 537 g/mol. The minimum Gasteiger partial charge on any atom is -0.494 e. The number of halogens is 1. The van der Waals surface area contributed by atoms with E-state index in [4.69, 9.17) is 9.84 Å². The summed E-state index contributed by atoms with van der Waals surface area (Å²) in [5.41, 5.74) is 2.56. The van der Waals surface area contributed by atoms with Crippen molar-refractivity contribution in [1.29, 1.82) is 0 Å². The number of hydrogen-bond donors (Lipinski definition) is 0. The summed E-state index contributed by atoms with van der Waals surface area (Å²) >= 11 is 1.06. The van der Waals surface area contributed by atoms with Crippen molar-refractivity contribution < 1.29 is 9.13 Å². The maximum Gasteiger partial charge on any atom is 0.296 e. The van der Waals surface area contributed by atoms with E-state index in [1.165, 1.54) is 19.2 Å². The Hall–Kier alpha value is -4.96. The normalized spacial score (nSPS) is 11.8. The summed E-state index contributed by atoms with van der Waals surface area (Å²) < 4.78 is 22.8. The SMILES string of the molecule is COc1ccc(-c2nn(-c3ccccc3)cc2/C=c2\sc3nc(=O)c(Cc4ccccc4)nn3c2=O)cc1F. The standard InChI is InChI=1S/C29H20FN5O3S/c1-38-24-13-12-19(15-22(24)30)26-20(17-34(33-26)21-10-6-3-7-11-21)16-25-28(37)35-29(39-25)31-27(36)23(32-35)14-18-8-4-2-5-9-18/h2-13,15-17H,14H2,1H3/b25-16-. The fourth-order valence-electron chi connectivity index (χ4n) is 4.23. The molecule has 0 saturated carbocycles. The van der Waals surface area contributed by atoms with Crippen molar-refractivity contribution in [2.75, 3.05) is 7.11 Å². The highest BCUT2D eigenvalue weighted by atomic mass is 32.1. The van der Waals surface area contributed by atoms with Crippen LogP contribution in [-0.4, -0.2) is 31.5 Å². The summed E-state index contributed by atoms with van der Waals surface area (Å²) in [5, 5.41) is 9.03. The molecular weight excluding hydrogens is 517 g/mol. The second-order valence-corrected chi connectivity index (χ2v) is 9.71. The van der Waals surface area contributed by atoms with Gasteiger partial charge in [-0.25, -0.2) is 9.07 Å². The van der Waals surface area contributed by atoms with E-state index in [1.54, 1.807) is 23.0 Å². The Morgan fingerprint density at radius 1 is 0.974 bits per heavy atom. The number of nitrogens with zero attached hydrogens (tertiary/aromatic N) is 5. The zero-order valence-corrected chi connectivity index (χ0v) is 21.4. The summed E-state index contributed by atoms with van der Waals surface area (Å²) in [6, 6.07) is 23.4. The summed E-state index contributed by atoms with van der Waals surface area (Å²) in [4.78, 5) is 30.3. The first-order valence-electron chi connectivity index (χ1n) is 12.0. The second kappa shape index (κ2) is 10.1. The summed E-state index contributed by atoms with van der Waals surface area (Å²) in [7, 11) is 1.40. The van der Waals surface area contributed by atoms with Gasteiger partial charge in [0.2, 0.25) is 4.96 Å². The van der Waals surface area contributed by atoms with Gasteiger partial charge in [0.15, 0.2) is 11.6 Å². The van der Waals surface area contributed by atoms with E-state index in [0.29, 0.717) is 21.4 Å². The number of para-hydroxylation sites is 1. The van der Waals surface area contributed by atoms with Crippen LogP contribution in [0.4, 0.5) is 4.39 Å². The zero-order valence-electron chi connectivity index (χ0n) is 20.6. The van der Waals surface area contributed by atoms with Crippen molar-refractivity contribution in [3.05, 3.63) is 133 Å². The summed E-state index contributed by atoms with van der Waals surface area (Å²) in [6.45, 7) is 0. The van der Waals surface area contributed by atoms with Crippen LogP contribution in [0.15, 0.2) is 94.6 Å². The van der Waals surface area contributed by atoms with Crippen molar-refractivity contribution in [3.8, 4) is 22.7 Å². The van der Waals surface area contributed by atoms with E-state index in [0.717, 1.165) is 27.1 Å². The lowest BCUT2D eigenvalue weighted by molar-refractivity contribution is 0.386. The molecule has 0 aliphatic rings. The Morgan fingerprint density at radius 3 is 2.44 bits per heavy atom. The van der Waals surface area contributed by atoms with Crippen LogP contribution in [0.25, 0.3) is 28.0 Å². The molecule has 8 nitrogen and oxygen atoms in total. The maximum absolute atomic E-state index is 14.6. The van der Waals surface area contributed by atoms with Crippen molar-refractivity contribution in [1.82, 2.24) is 24.4 Å². The van der Waals surface area contributed by atoms with E-state index in [-0.39, 0.29) is 22.8 Å². The van der Waals surface area contributed by atoms with Crippen LogP contribution in [-0.2, 0) is 6.42 Å². The van der Waals surface area contributed by atoms with Gasteiger partial charge in [0.1, 0.15) is 11.4 Å². The highest BCUT2D eigenvalue weighted by Gasteiger charge is 2.16. The van der Waals surface area contributed by atoms with Crippen molar-refractivity contribution in [2.24, 2.45) is 0 Å². The van der Waals surface area contributed by atoms with Crippen molar-refractivity contribution >= 4 is 22.4 Å². The van der Waals surface area contributed by atoms with Crippen LogP contribution in [0, 0.1) is 5.82 Å². The van der Waals surface area contributed by atoms with Crippen LogP contribution in [0.3, 0.4) is 0 Å². The average molecular weight is 538 g/mol. The lowest BCUT2D eigenvalue weighted by atomic mass is 10.1. The van der Waals surface area contributed by atoms with Crippen LogP contribution >= 0.6 is 11.3 Å². The third-order valence-corrected chi connectivity index (χ3v) is 7.10. The molecule has 0 spiro atoms. The van der Waals surface area contributed by atoms with Gasteiger partial charge in [-0.1, -0.05) is 59.9 Å². The number of methoxy groups -OCH3 is 1. The quantitative estimate of drug-likeness (QED) is 0.322. The predicted molar refractivity (Wildman–Crippen MR) is 147 cm³/mol. The molecule has 3 aromatic carbocycles. The van der Waals surface area contributed by atoms with Gasteiger partial charge < -0.3 is 4.74 Å². The molecule has 192 valence electrons. The second-order valence-electron chi connectivity index (χ2n) is 8.70. The predicted octanol–water partition coefficient (Wildman–Crippen LogP) is 3.65. The van der Waals surface area contributed by atoms with E-state index < -0.39 is 16.9 Å². The number of hydrogen-bond acceptors (Lipinski definition) is 7. The van der Waals surface area contributed by atoms with Crippen molar-refractivity contribution in [3.63, 3.8) is 0 Å². The average Bonchev–Trinajstić information content (AvgIpc) is 3.51. The molecule has 0 saturated heterocycles. The summed E-state index contributed by atoms with van der Waals surface area (Å²) in [6.07, 6.45) is 3.69. The largest absolute Gasteiger partial charge is 0.494 e. The van der Waals surface area contributed by atoms with Crippen LogP contribution in [0.1, 0.15) is 16.8 Å². The fourth-order valence-corrected chi connectivity index (χ4v) is 5.12. The van der Waals surface area contributed by atoms with Gasteiger partial charge in [0.05, 0.1) is 17.3 Å². The molecule has 6 rings (SSSR count). The number of aromatic nitrogens is 5.